The SMILES string of the molecule is CC.COc1cnc(C(F)F)cc1-c1cc(N2CCC3(CCC3)CC2=O)ncc1C(=O)NC(C)SC(C#CC1CC1)NN. The van der Waals surface area contributed by atoms with Gasteiger partial charge < -0.3 is 10.1 Å². The third kappa shape index (κ3) is 7.82. The average molecular weight is 615 g/mol. The molecule has 2 saturated carbocycles. The van der Waals surface area contributed by atoms with Gasteiger partial charge in [-0.15, -0.1) is 11.8 Å². The first-order valence-electron chi connectivity index (χ1n) is 14.8. The van der Waals surface area contributed by atoms with Gasteiger partial charge in [0.15, 0.2) is 0 Å². The zero-order chi connectivity index (χ0) is 31.1. The molecule has 0 aromatic carbocycles. The van der Waals surface area contributed by atoms with Gasteiger partial charge in [0.2, 0.25) is 5.91 Å². The van der Waals surface area contributed by atoms with Crippen molar-refractivity contribution in [3.05, 3.63) is 35.8 Å². The second kappa shape index (κ2) is 14.5. The molecular weight excluding hydrogens is 574 g/mol. The Labute approximate surface area is 256 Å². The number of carbonyl (C=O) groups is 2. The van der Waals surface area contributed by atoms with Crippen LogP contribution in [0.3, 0.4) is 0 Å². The fourth-order valence-electron chi connectivity index (χ4n) is 5.31. The Bertz CT molecular complexity index is 1370. The van der Waals surface area contributed by atoms with E-state index < -0.39 is 23.4 Å². The van der Waals surface area contributed by atoms with E-state index >= 15 is 0 Å². The van der Waals surface area contributed by atoms with E-state index in [9.17, 15) is 18.4 Å². The first-order chi connectivity index (χ1) is 20.7. The molecule has 2 aromatic rings. The lowest BCUT2D eigenvalue weighted by Gasteiger charge is -2.47. The summed E-state index contributed by atoms with van der Waals surface area (Å²) in [5.41, 5.74) is 2.99. The van der Waals surface area contributed by atoms with Gasteiger partial charge in [0.1, 0.15) is 22.6 Å². The van der Waals surface area contributed by atoms with Gasteiger partial charge in [0.05, 0.1) is 24.2 Å². The fraction of sp³-hybridized carbons (Fsp3) is 0.548. The predicted octanol–water partition coefficient (Wildman–Crippen LogP) is 5.42. The predicted molar refractivity (Wildman–Crippen MR) is 164 cm³/mol. The molecule has 4 N–H and O–H groups in total. The van der Waals surface area contributed by atoms with E-state index in [1.807, 2.05) is 13.8 Å². The number of anilines is 1. The Balaban J connectivity index is 0.00000207. The van der Waals surface area contributed by atoms with Crippen LogP contribution in [-0.2, 0) is 4.79 Å². The molecule has 0 bridgehead atoms. The number of rotatable bonds is 9. The van der Waals surface area contributed by atoms with E-state index in [0.29, 0.717) is 30.3 Å². The van der Waals surface area contributed by atoms with E-state index in [2.05, 4.69) is 32.6 Å². The molecular formula is C31H40F2N6O3S. The quantitative estimate of drug-likeness (QED) is 0.148. The molecule has 2 atom stereocenters. The number of halogens is 2. The van der Waals surface area contributed by atoms with Crippen molar-refractivity contribution in [2.75, 3.05) is 18.6 Å². The second-order valence-corrected chi connectivity index (χ2v) is 12.3. The summed E-state index contributed by atoms with van der Waals surface area (Å²) in [6, 6.07) is 2.81. The Hall–Kier alpha value is -3.27. The highest BCUT2D eigenvalue weighted by molar-refractivity contribution is 8.00. The van der Waals surface area contributed by atoms with Crippen molar-refractivity contribution >= 4 is 29.4 Å². The summed E-state index contributed by atoms with van der Waals surface area (Å²) in [5, 5.41) is 2.13. The molecule has 3 fully saturated rings. The Morgan fingerprint density at radius 1 is 1.19 bits per heavy atom. The lowest BCUT2D eigenvalue weighted by molar-refractivity contribution is -0.124. The summed E-state index contributed by atoms with van der Waals surface area (Å²) < 4.78 is 32.8. The van der Waals surface area contributed by atoms with Crippen molar-refractivity contribution in [1.82, 2.24) is 20.7 Å². The number of nitrogens with two attached hydrogens (primary N) is 1. The summed E-state index contributed by atoms with van der Waals surface area (Å²) >= 11 is 1.34. The summed E-state index contributed by atoms with van der Waals surface area (Å²) in [7, 11) is 1.40. The minimum absolute atomic E-state index is 0.0285. The molecule has 2 amide bonds. The third-order valence-corrected chi connectivity index (χ3v) is 9.01. The number of thioether (sulfide) groups is 1. The van der Waals surface area contributed by atoms with Crippen LogP contribution in [0.15, 0.2) is 24.5 Å². The van der Waals surface area contributed by atoms with Crippen LogP contribution in [0.5, 0.6) is 5.75 Å². The summed E-state index contributed by atoms with van der Waals surface area (Å²) in [5.74, 6) is 12.4. The van der Waals surface area contributed by atoms with Crippen LogP contribution < -0.4 is 26.2 Å². The summed E-state index contributed by atoms with van der Waals surface area (Å²) in [6.07, 6.45) is 6.51. The molecule has 1 spiro atoms. The zero-order valence-electron chi connectivity index (χ0n) is 25.1. The number of hydrogen-bond donors (Lipinski definition) is 3. The van der Waals surface area contributed by atoms with Crippen molar-refractivity contribution in [2.45, 2.75) is 82.9 Å². The molecule has 1 aliphatic heterocycles. The molecule has 3 aliphatic rings. The molecule has 1 saturated heterocycles. The maximum Gasteiger partial charge on any atom is 0.280 e. The number of amides is 2. The Kier molecular flexibility index (Phi) is 11.0. The smallest absolute Gasteiger partial charge is 0.280 e. The van der Waals surface area contributed by atoms with Gasteiger partial charge in [-0.05, 0) is 56.6 Å². The number of aromatic nitrogens is 2. The molecule has 43 heavy (non-hydrogen) atoms. The number of hydrogen-bond acceptors (Lipinski definition) is 8. The van der Waals surface area contributed by atoms with Gasteiger partial charge in [0, 0.05) is 36.2 Å². The molecule has 9 nitrogen and oxygen atoms in total. The average Bonchev–Trinajstić information content (AvgIpc) is 3.83. The topological polar surface area (TPSA) is 122 Å². The van der Waals surface area contributed by atoms with E-state index in [1.165, 1.54) is 37.3 Å². The van der Waals surface area contributed by atoms with Gasteiger partial charge in [-0.25, -0.2) is 19.2 Å². The molecule has 2 unspecified atom stereocenters. The number of carbonyl (C=O) groups excluding carboxylic acids is 2. The molecule has 0 radical (unpaired) electrons. The van der Waals surface area contributed by atoms with E-state index in [0.717, 1.165) is 38.5 Å². The van der Waals surface area contributed by atoms with Gasteiger partial charge in [-0.2, -0.15) is 0 Å². The second-order valence-electron chi connectivity index (χ2n) is 10.9. The zero-order valence-corrected chi connectivity index (χ0v) is 25.9. The third-order valence-electron chi connectivity index (χ3n) is 7.96. The van der Waals surface area contributed by atoms with Gasteiger partial charge in [0.25, 0.3) is 12.3 Å². The first-order valence-corrected chi connectivity index (χ1v) is 15.7. The number of nitrogens with zero attached hydrogens (tertiary/aromatic N) is 3. The molecule has 5 rings (SSSR count). The number of pyridine rings is 2. The molecule has 12 heteroatoms. The monoisotopic (exact) mass is 614 g/mol. The maximum absolute atomic E-state index is 13.7. The largest absolute Gasteiger partial charge is 0.494 e. The standard InChI is InChI=1S/C29H34F2N6O3S.C2H6/c1-17(41-25(36-32)7-6-18-4-5-18)35-28(39)21-15-34-24(37-11-10-29(8-3-9-29)14-26(37)38)13-19(21)20-12-22(27(30)31)33-16-23(20)40-2;1-2/h12-13,15-18,25,27,36H,3-5,8-11,14,32H2,1-2H3,(H,35,39);1-2H3. The van der Waals surface area contributed by atoms with Crippen molar-refractivity contribution in [2.24, 2.45) is 17.2 Å². The number of ether oxygens (including phenoxy) is 1. The number of methoxy groups -OCH3 is 1. The number of piperidine rings is 1. The fourth-order valence-corrected chi connectivity index (χ4v) is 6.11. The normalized spacial score (nSPS) is 18.5. The van der Waals surface area contributed by atoms with Gasteiger partial charge >= 0.3 is 0 Å². The van der Waals surface area contributed by atoms with Crippen LogP contribution in [0.1, 0.15) is 88.2 Å². The highest BCUT2D eigenvalue weighted by atomic mass is 32.2. The molecule has 2 aromatic heterocycles. The highest BCUT2D eigenvalue weighted by Gasteiger charge is 2.44. The molecule has 232 valence electrons. The lowest BCUT2D eigenvalue weighted by Crippen LogP contribution is -2.47. The van der Waals surface area contributed by atoms with Crippen molar-refractivity contribution in [3.8, 4) is 28.7 Å². The van der Waals surface area contributed by atoms with E-state index in [-0.39, 0.29) is 33.6 Å². The number of nitrogens with one attached hydrogen (secondary N) is 2. The Morgan fingerprint density at radius 2 is 1.93 bits per heavy atom. The van der Waals surface area contributed by atoms with Crippen LogP contribution >= 0.6 is 11.8 Å². The minimum Gasteiger partial charge on any atom is -0.494 e. The van der Waals surface area contributed by atoms with Crippen molar-refractivity contribution < 1.29 is 23.1 Å². The van der Waals surface area contributed by atoms with Gasteiger partial charge in [-0.3, -0.25) is 25.3 Å². The maximum atomic E-state index is 13.7. The van der Waals surface area contributed by atoms with Crippen molar-refractivity contribution in [1.29, 1.82) is 0 Å². The number of hydrazine groups is 1. The molecule has 2 aliphatic carbocycles. The number of alkyl halides is 2. The van der Waals surface area contributed by atoms with Crippen LogP contribution in [-0.4, -0.2) is 46.2 Å². The summed E-state index contributed by atoms with van der Waals surface area (Å²) in [4.78, 5) is 36.6. The minimum atomic E-state index is -2.82. The van der Waals surface area contributed by atoms with Crippen LogP contribution in [0.2, 0.25) is 0 Å². The van der Waals surface area contributed by atoms with Crippen LogP contribution in [0.4, 0.5) is 14.6 Å². The molecule has 3 heterocycles. The summed E-state index contributed by atoms with van der Waals surface area (Å²) in [6.45, 7) is 6.31. The lowest BCUT2D eigenvalue weighted by atomic mass is 9.63. The van der Waals surface area contributed by atoms with Gasteiger partial charge in [-0.1, -0.05) is 32.1 Å². The first kappa shape index (κ1) is 32.6. The highest BCUT2D eigenvalue weighted by Crippen LogP contribution is 2.49. The van der Waals surface area contributed by atoms with Crippen LogP contribution in [0, 0.1) is 23.2 Å². The Morgan fingerprint density at radius 3 is 2.51 bits per heavy atom. The van der Waals surface area contributed by atoms with Crippen LogP contribution in [0.25, 0.3) is 11.1 Å². The van der Waals surface area contributed by atoms with E-state index in [4.69, 9.17) is 10.6 Å². The van der Waals surface area contributed by atoms with E-state index in [1.54, 1.807) is 17.9 Å². The van der Waals surface area contributed by atoms with Crippen molar-refractivity contribution in [3.63, 3.8) is 0 Å².